The van der Waals surface area contributed by atoms with Gasteiger partial charge in [-0.25, -0.2) is 4.79 Å². The molecule has 0 unspecified atom stereocenters. The molecular formula is C18H20N4O4. The molecule has 3 rings (SSSR count). The van der Waals surface area contributed by atoms with Crippen LogP contribution in [0.25, 0.3) is 0 Å². The van der Waals surface area contributed by atoms with Gasteiger partial charge in [0.2, 0.25) is 0 Å². The molecule has 1 aromatic heterocycles. The Morgan fingerprint density at radius 2 is 1.58 bits per heavy atom. The molecule has 1 aromatic carbocycles. The lowest BCUT2D eigenvalue weighted by atomic mass is 10.2. The summed E-state index contributed by atoms with van der Waals surface area (Å²) in [6.45, 7) is 1.54. The van der Waals surface area contributed by atoms with Crippen LogP contribution in [0.15, 0.2) is 39.9 Å². The largest absolute Gasteiger partial charge is 0.339 e. The summed E-state index contributed by atoms with van der Waals surface area (Å²) in [5.41, 5.74) is -0.124. The van der Waals surface area contributed by atoms with Gasteiger partial charge >= 0.3 is 5.69 Å². The minimum absolute atomic E-state index is 0.0191. The van der Waals surface area contributed by atoms with E-state index in [9.17, 15) is 19.2 Å². The molecule has 2 heterocycles. The number of rotatable bonds is 3. The fourth-order valence-corrected chi connectivity index (χ4v) is 2.94. The SMILES string of the molecule is Cn1c(C(=O)Nc2ccc(C(=O)N3CCCC3)cc2)cc(=O)n(C)c1=O. The number of hydrogen-bond donors (Lipinski definition) is 1. The summed E-state index contributed by atoms with van der Waals surface area (Å²) in [5.74, 6) is -0.588. The van der Waals surface area contributed by atoms with Crippen LogP contribution in [0.4, 0.5) is 5.69 Å². The standard InChI is InChI=1S/C18H20N4O4/c1-20-14(11-15(23)21(2)18(20)26)16(24)19-13-7-5-12(6-8-13)17(25)22-9-3-4-10-22/h5-8,11H,3-4,9-10H2,1-2H3,(H,19,24). The third-order valence-corrected chi connectivity index (χ3v) is 4.54. The van der Waals surface area contributed by atoms with Crippen LogP contribution in [-0.4, -0.2) is 38.9 Å². The van der Waals surface area contributed by atoms with Crippen molar-refractivity contribution in [2.75, 3.05) is 18.4 Å². The molecule has 1 N–H and O–H groups in total. The molecular weight excluding hydrogens is 336 g/mol. The molecule has 0 radical (unpaired) electrons. The molecule has 26 heavy (non-hydrogen) atoms. The zero-order valence-corrected chi connectivity index (χ0v) is 14.7. The maximum Gasteiger partial charge on any atom is 0.331 e. The van der Waals surface area contributed by atoms with Crippen LogP contribution in [-0.2, 0) is 14.1 Å². The van der Waals surface area contributed by atoms with Gasteiger partial charge in [-0.2, -0.15) is 0 Å². The molecule has 1 aliphatic rings. The van der Waals surface area contributed by atoms with Crippen LogP contribution in [0.2, 0.25) is 0 Å². The molecule has 0 bridgehead atoms. The van der Waals surface area contributed by atoms with Gasteiger partial charge in [0, 0.05) is 44.5 Å². The van der Waals surface area contributed by atoms with Crippen LogP contribution in [0, 0.1) is 0 Å². The van der Waals surface area contributed by atoms with Crippen molar-refractivity contribution in [2.45, 2.75) is 12.8 Å². The number of amides is 2. The fraction of sp³-hybridized carbons (Fsp3) is 0.333. The van der Waals surface area contributed by atoms with Gasteiger partial charge in [-0.15, -0.1) is 0 Å². The Bertz CT molecular complexity index is 966. The molecule has 0 saturated carbocycles. The third kappa shape index (κ3) is 3.30. The predicted molar refractivity (Wildman–Crippen MR) is 96.5 cm³/mol. The van der Waals surface area contributed by atoms with Gasteiger partial charge in [0.1, 0.15) is 5.69 Å². The van der Waals surface area contributed by atoms with E-state index in [2.05, 4.69) is 5.32 Å². The van der Waals surface area contributed by atoms with Crippen molar-refractivity contribution in [3.8, 4) is 0 Å². The summed E-state index contributed by atoms with van der Waals surface area (Å²) in [7, 11) is 2.77. The minimum Gasteiger partial charge on any atom is -0.339 e. The zero-order valence-electron chi connectivity index (χ0n) is 14.7. The van der Waals surface area contributed by atoms with Crippen LogP contribution in [0.3, 0.4) is 0 Å². The zero-order chi connectivity index (χ0) is 18.8. The number of likely N-dealkylation sites (tertiary alicyclic amines) is 1. The Morgan fingerprint density at radius 1 is 0.962 bits per heavy atom. The van der Waals surface area contributed by atoms with Crippen molar-refractivity contribution in [3.05, 3.63) is 62.4 Å². The maximum absolute atomic E-state index is 12.4. The van der Waals surface area contributed by atoms with Gasteiger partial charge in [0.25, 0.3) is 17.4 Å². The Hall–Kier alpha value is -3.16. The molecule has 1 fully saturated rings. The minimum atomic E-state index is -0.575. The number of hydrogen-bond acceptors (Lipinski definition) is 4. The quantitative estimate of drug-likeness (QED) is 0.870. The van der Waals surface area contributed by atoms with Gasteiger partial charge in [-0.1, -0.05) is 0 Å². The van der Waals surface area contributed by atoms with E-state index in [0.29, 0.717) is 11.3 Å². The number of carbonyl (C=O) groups is 2. The fourth-order valence-electron chi connectivity index (χ4n) is 2.94. The highest BCUT2D eigenvalue weighted by atomic mass is 16.2. The van der Waals surface area contributed by atoms with E-state index in [1.54, 1.807) is 24.3 Å². The number of carbonyl (C=O) groups excluding carboxylic acids is 2. The number of anilines is 1. The summed E-state index contributed by atoms with van der Waals surface area (Å²) in [6, 6.07) is 7.67. The first-order chi connectivity index (χ1) is 12.4. The Kier molecular flexibility index (Phi) is 4.75. The van der Waals surface area contributed by atoms with E-state index in [0.717, 1.165) is 41.1 Å². The summed E-state index contributed by atoms with van der Waals surface area (Å²) < 4.78 is 2.04. The van der Waals surface area contributed by atoms with Crippen molar-refractivity contribution in [1.82, 2.24) is 14.0 Å². The van der Waals surface area contributed by atoms with Gasteiger partial charge in [0.05, 0.1) is 0 Å². The molecule has 1 aliphatic heterocycles. The van der Waals surface area contributed by atoms with Crippen LogP contribution < -0.4 is 16.6 Å². The van der Waals surface area contributed by atoms with E-state index in [4.69, 9.17) is 0 Å². The third-order valence-electron chi connectivity index (χ3n) is 4.54. The topological polar surface area (TPSA) is 93.4 Å². The summed E-state index contributed by atoms with van der Waals surface area (Å²) in [4.78, 5) is 50.2. The number of nitrogens with one attached hydrogen (secondary N) is 1. The Morgan fingerprint density at radius 3 is 2.19 bits per heavy atom. The first kappa shape index (κ1) is 17.7. The molecule has 2 amide bonds. The lowest BCUT2D eigenvalue weighted by molar-refractivity contribution is 0.0792. The van der Waals surface area contributed by atoms with Crippen LogP contribution in [0.1, 0.15) is 33.7 Å². The summed E-state index contributed by atoms with van der Waals surface area (Å²) in [5, 5.41) is 2.64. The average Bonchev–Trinajstić information content (AvgIpc) is 3.17. The van der Waals surface area contributed by atoms with Crippen molar-refractivity contribution >= 4 is 17.5 Å². The molecule has 8 nitrogen and oxygen atoms in total. The number of benzene rings is 1. The smallest absolute Gasteiger partial charge is 0.331 e. The van der Waals surface area contributed by atoms with Gasteiger partial charge in [-0.3, -0.25) is 23.5 Å². The molecule has 1 saturated heterocycles. The van der Waals surface area contributed by atoms with E-state index in [1.807, 2.05) is 4.90 Å². The highest BCUT2D eigenvalue weighted by Crippen LogP contribution is 2.15. The number of aromatic nitrogens is 2. The molecule has 2 aromatic rings. The van der Waals surface area contributed by atoms with Crippen LogP contribution >= 0.6 is 0 Å². The lowest BCUT2D eigenvalue weighted by Gasteiger charge is -2.15. The Balaban J connectivity index is 1.77. The molecule has 8 heteroatoms. The van der Waals surface area contributed by atoms with Gasteiger partial charge < -0.3 is 10.2 Å². The van der Waals surface area contributed by atoms with E-state index < -0.39 is 17.2 Å². The maximum atomic E-state index is 12.4. The highest BCUT2D eigenvalue weighted by Gasteiger charge is 2.19. The van der Waals surface area contributed by atoms with Crippen LogP contribution in [0.5, 0.6) is 0 Å². The summed E-state index contributed by atoms with van der Waals surface area (Å²) >= 11 is 0. The molecule has 136 valence electrons. The second-order valence-corrected chi connectivity index (χ2v) is 6.30. The van der Waals surface area contributed by atoms with Gasteiger partial charge in [-0.05, 0) is 37.1 Å². The number of nitrogens with zero attached hydrogens (tertiary/aromatic N) is 3. The Labute approximate surface area is 149 Å². The first-order valence-electron chi connectivity index (χ1n) is 8.36. The second-order valence-electron chi connectivity index (χ2n) is 6.30. The summed E-state index contributed by atoms with van der Waals surface area (Å²) in [6.07, 6.45) is 2.05. The lowest BCUT2D eigenvalue weighted by Crippen LogP contribution is -2.40. The van der Waals surface area contributed by atoms with E-state index in [-0.39, 0.29) is 11.6 Å². The van der Waals surface area contributed by atoms with Crippen molar-refractivity contribution in [1.29, 1.82) is 0 Å². The highest BCUT2D eigenvalue weighted by molar-refractivity contribution is 6.03. The second kappa shape index (κ2) is 6.99. The normalized spacial score (nSPS) is 13.7. The van der Waals surface area contributed by atoms with Crippen molar-refractivity contribution in [3.63, 3.8) is 0 Å². The predicted octanol–water partition coefficient (Wildman–Crippen LogP) is 0.572. The first-order valence-corrected chi connectivity index (χ1v) is 8.36. The monoisotopic (exact) mass is 356 g/mol. The average molecular weight is 356 g/mol. The van der Waals surface area contributed by atoms with E-state index in [1.165, 1.54) is 14.1 Å². The van der Waals surface area contributed by atoms with E-state index >= 15 is 0 Å². The van der Waals surface area contributed by atoms with Gasteiger partial charge in [0.15, 0.2) is 0 Å². The molecule has 0 atom stereocenters. The van der Waals surface area contributed by atoms with Crippen molar-refractivity contribution in [2.24, 2.45) is 14.1 Å². The molecule has 0 spiro atoms. The molecule has 0 aliphatic carbocycles. The van der Waals surface area contributed by atoms with Crippen molar-refractivity contribution < 1.29 is 9.59 Å².